The van der Waals surface area contributed by atoms with Crippen molar-refractivity contribution in [3.8, 4) is 11.5 Å². The number of ether oxygens (including phenoxy) is 2. The summed E-state index contributed by atoms with van der Waals surface area (Å²) < 4.78 is 10.7. The minimum atomic E-state index is 0.113. The molecule has 1 aliphatic rings. The standard InChI is InChI=1S/C14H13NO3/c1-8-3-10(4-9(2)16)15-12-6-14-13(5-11(8)12)17-7-18-14/h3,5-6H,4,7H2,1-2H3. The molecule has 0 atom stereocenters. The van der Waals surface area contributed by atoms with Gasteiger partial charge in [-0.15, -0.1) is 0 Å². The van der Waals surface area contributed by atoms with E-state index in [1.165, 1.54) is 0 Å². The van der Waals surface area contributed by atoms with Crippen molar-refractivity contribution < 1.29 is 14.3 Å². The van der Waals surface area contributed by atoms with Gasteiger partial charge in [0.15, 0.2) is 11.5 Å². The third kappa shape index (κ3) is 1.79. The van der Waals surface area contributed by atoms with Crippen LogP contribution in [0.3, 0.4) is 0 Å². The van der Waals surface area contributed by atoms with Crippen LogP contribution in [0, 0.1) is 6.92 Å². The minimum absolute atomic E-state index is 0.113. The Morgan fingerprint density at radius 3 is 2.72 bits per heavy atom. The number of benzene rings is 1. The van der Waals surface area contributed by atoms with Gasteiger partial charge in [-0.1, -0.05) is 0 Å². The highest BCUT2D eigenvalue weighted by atomic mass is 16.7. The van der Waals surface area contributed by atoms with E-state index in [4.69, 9.17) is 9.47 Å². The van der Waals surface area contributed by atoms with E-state index < -0.39 is 0 Å². The number of carbonyl (C=O) groups excluding carboxylic acids is 1. The normalized spacial score (nSPS) is 13.0. The summed E-state index contributed by atoms with van der Waals surface area (Å²) in [5.74, 6) is 1.59. The van der Waals surface area contributed by atoms with Gasteiger partial charge in [0.2, 0.25) is 6.79 Å². The van der Waals surface area contributed by atoms with E-state index >= 15 is 0 Å². The molecule has 0 saturated carbocycles. The summed E-state index contributed by atoms with van der Waals surface area (Å²) in [5.41, 5.74) is 2.73. The Balaban J connectivity index is 2.17. The Kier molecular flexibility index (Phi) is 2.44. The smallest absolute Gasteiger partial charge is 0.231 e. The number of hydrogen-bond acceptors (Lipinski definition) is 4. The van der Waals surface area contributed by atoms with Gasteiger partial charge in [0.25, 0.3) is 0 Å². The number of carbonyl (C=O) groups is 1. The number of rotatable bonds is 2. The van der Waals surface area contributed by atoms with E-state index in [-0.39, 0.29) is 12.6 Å². The maximum absolute atomic E-state index is 11.2. The molecule has 0 aliphatic carbocycles. The van der Waals surface area contributed by atoms with Crippen molar-refractivity contribution in [1.82, 2.24) is 4.98 Å². The van der Waals surface area contributed by atoms with Gasteiger partial charge in [-0.25, -0.2) is 0 Å². The average Bonchev–Trinajstić information content (AvgIpc) is 2.72. The molecule has 2 aromatic rings. The zero-order valence-electron chi connectivity index (χ0n) is 10.3. The van der Waals surface area contributed by atoms with Crippen LogP contribution >= 0.6 is 0 Å². The van der Waals surface area contributed by atoms with Crippen LogP contribution in [-0.2, 0) is 11.2 Å². The second-order valence-corrected chi connectivity index (χ2v) is 4.53. The topological polar surface area (TPSA) is 48.4 Å². The van der Waals surface area contributed by atoms with Crippen LogP contribution in [0.1, 0.15) is 18.2 Å². The van der Waals surface area contributed by atoms with Crippen LogP contribution in [0.15, 0.2) is 18.2 Å². The van der Waals surface area contributed by atoms with Crippen LogP contribution < -0.4 is 9.47 Å². The fourth-order valence-corrected chi connectivity index (χ4v) is 2.20. The van der Waals surface area contributed by atoms with Crippen LogP contribution in [0.5, 0.6) is 11.5 Å². The number of Topliss-reactive ketones (excluding diaryl/α,β-unsaturated/α-hetero) is 1. The first-order chi connectivity index (χ1) is 8.63. The predicted molar refractivity (Wildman–Crippen MR) is 67.0 cm³/mol. The SMILES string of the molecule is CC(=O)Cc1cc(C)c2cc3c(cc2n1)OCO3. The highest BCUT2D eigenvalue weighted by molar-refractivity contribution is 5.87. The number of fused-ring (bicyclic) bond motifs is 2. The van der Waals surface area contributed by atoms with Gasteiger partial charge in [0, 0.05) is 23.6 Å². The second kappa shape index (κ2) is 3.98. The molecule has 0 N–H and O–H groups in total. The number of aryl methyl sites for hydroxylation is 1. The molecule has 92 valence electrons. The second-order valence-electron chi connectivity index (χ2n) is 4.53. The summed E-state index contributed by atoms with van der Waals surface area (Å²) in [5, 5.41) is 1.03. The first-order valence-electron chi connectivity index (χ1n) is 5.83. The Bertz CT molecular complexity index is 649. The number of hydrogen-bond donors (Lipinski definition) is 0. The summed E-state index contributed by atoms with van der Waals surface area (Å²) in [6.45, 7) is 3.84. The lowest BCUT2D eigenvalue weighted by Gasteiger charge is -2.06. The van der Waals surface area contributed by atoms with E-state index in [0.29, 0.717) is 6.42 Å². The van der Waals surface area contributed by atoms with E-state index in [2.05, 4.69) is 4.98 Å². The molecule has 0 spiro atoms. The highest BCUT2D eigenvalue weighted by Gasteiger charge is 2.16. The summed E-state index contributed by atoms with van der Waals surface area (Å²) in [7, 11) is 0. The van der Waals surface area contributed by atoms with Crippen LogP contribution in [0.25, 0.3) is 10.9 Å². The molecule has 4 nitrogen and oxygen atoms in total. The van der Waals surface area contributed by atoms with Crippen molar-refractivity contribution in [2.45, 2.75) is 20.3 Å². The number of aromatic nitrogens is 1. The largest absolute Gasteiger partial charge is 0.454 e. The van der Waals surface area contributed by atoms with Crippen molar-refractivity contribution in [2.24, 2.45) is 0 Å². The summed E-state index contributed by atoms with van der Waals surface area (Å²) in [6.07, 6.45) is 0.366. The summed E-state index contributed by atoms with van der Waals surface area (Å²) in [4.78, 5) is 15.7. The highest BCUT2D eigenvalue weighted by Crippen LogP contribution is 2.36. The van der Waals surface area contributed by atoms with E-state index in [0.717, 1.165) is 33.7 Å². The Morgan fingerprint density at radius 1 is 1.28 bits per heavy atom. The molecule has 0 saturated heterocycles. The monoisotopic (exact) mass is 243 g/mol. The molecule has 1 aromatic heterocycles. The lowest BCUT2D eigenvalue weighted by atomic mass is 10.1. The van der Waals surface area contributed by atoms with Gasteiger partial charge < -0.3 is 9.47 Å². The fourth-order valence-electron chi connectivity index (χ4n) is 2.20. The molecule has 2 heterocycles. The lowest BCUT2D eigenvalue weighted by molar-refractivity contribution is -0.116. The zero-order valence-corrected chi connectivity index (χ0v) is 10.3. The van der Waals surface area contributed by atoms with Crippen molar-refractivity contribution >= 4 is 16.7 Å². The Hall–Kier alpha value is -2.10. The van der Waals surface area contributed by atoms with Crippen molar-refractivity contribution in [1.29, 1.82) is 0 Å². The number of ketones is 1. The molecular weight excluding hydrogens is 230 g/mol. The zero-order chi connectivity index (χ0) is 12.7. The van der Waals surface area contributed by atoms with E-state index in [1.54, 1.807) is 6.92 Å². The van der Waals surface area contributed by atoms with Gasteiger partial charge in [-0.05, 0) is 31.5 Å². The Morgan fingerprint density at radius 2 is 2.00 bits per heavy atom. The van der Waals surface area contributed by atoms with Gasteiger partial charge >= 0.3 is 0 Å². The molecule has 1 aromatic carbocycles. The third-order valence-corrected chi connectivity index (χ3v) is 2.99. The first-order valence-corrected chi connectivity index (χ1v) is 5.83. The minimum Gasteiger partial charge on any atom is -0.454 e. The molecule has 4 heteroatoms. The van der Waals surface area contributed by atoms with Gasteiger partial charge in [-0.3, -0.25) is 9.78 Å². The first kappa shape index (κ1) is 11.0. The van der Waals surface area contributed by atoms with E-state index in [1.807, 2.05) is 25.1 Å². The van der Waals surface area contributed by atoms with Crippen molar-refractivity contribution in [3.63, 3.8) is 0 Å². The molecule has 0 fully saturated rings. The van der Waals surface area contributed by atoms with Crippen LogP contribution in [-0.4, -0.2) is 17.6 Å². The predicted octanol–water partition coefficient (Wildman–Crippen LogP) is 2.40. The lowest BCUT2D eigenvalue weighted by Crippen LogP contribution is -2.00. The molecule has 0 amide bonds. The maximum atomic E-state index is 11.2. The summed E-state index contributed by atoms with van der Waals surface area (Å²) >= 11 is 0. The fraction of sp³-hybridized carbons (Fsp3) is 0.286. The van der Waals surface area contributed by atoms with Crippen molar-refractivity contribution in [2.75, 3.05) is 6.79 Å². The molecule has 3 rings (SSSR count). The maximum Gasteiger partial charge on any atom is 0.231 e. The average molecular weight is 243 g/mol. The molecule has 1 aliphatic heterocycles. The molecule has 0 unspecified atom stereocenters. The molecule has 18 heavy (non-hydrogen) atoms. The number of pyridine rings is 1. The molecular formula is C14H13NO3. The molecule has 0 radical (unpaired) electrons. The Labute approximate surface area is 105 Å². The number of nitrogens with zero attached hydrogens (tertiary/aromatic N) is 1. The summed E-state index contributed by atoms with van der Waals surface area (Å²) in [6, 6.07) is 5.76. The van der Waals surface area contributed by atoms with Crippen LogP contribution in [0.4, 0.5) is 0 Å². The molecule has 0 bridgehead atoms. The van der Waals surface area contributed by atoms with Gasteiger partial charge in [0.05, 0.1) is 5.52 Å². The van der Waals surface area contributed by atoms with Crippen LogP contribution in [0.2, 0.25) is 0 Å². The van der Waals surface area contributed by atoms with Gasteiger partial charge in [0.1, 0.15) is 5.78 Å². The quantitative estimate of drug-likeness (QED) is 0.812. The van der Waals surface area contributed by atoms with E-state index in [9.17, 15) is 4.79 Å². The van der Waals surface area contributed by atoms with Crippen molar-refractivity contribution in [3.05, 3.63) is 29.5 Å². The third-order valence-electron chi connectivity index (χ3n) is 2.99. The van der Waals surface area contributed by atoms with Gasteiger partial charge in [-0.2, -0.15) is 0 Å².